The lowest BCUT2D eigenvalue weighted by Crippen LogP contribution is -2.55. The van der Waals surface area contributed by atoms with Crippen LogP contribution in [0.3, 0.4) is 0 Å². The van der Waals surface area contributed by atoms with E-state index in [2.05, 4.69) is 10.6 Å². The van der Waals surface area contributed by atoms with Crippen LogP contribution in [-0.4, -0.2) is 41.4 Å². The summed E-state index contributed by atoms with van der Waals surface area (Å²) in [6, 6.07) is 7.46. The number of hydrogen-bond acceptors (Lipinski definition) is 3. The lowest BCUT2D eigenvalue weighted by molar-refractivity contribution is -0.132. The second-order valence-corrected chi connectivity index (χ2v) is 6.06. The van der Waals surface area contributed by atoms with Gasteiger partial charge < -0.3 is 10.2 Å². The van der Waals surface area contributed by atoms with E-state index in [0.29, 0.717) is 25.9 Å². The molecule has 6 heteroatoms. The van der Waals surface area contributed by atoms with Gasteiger partial charge in [0.2, 0.25) is 5.91 Å². The summed E-state index contributed by atoms with van der Waals surface area (Å²) in [4.78, 5) is 37.1. The number of carbonyl (C=O) groups is 3. The van der Waals surface area contributed by atoms with Crippen LogP contribution in [0.5, 0.6) is 0 Å². The SMILES string of the molecule is Cc1ccc(/C=C/C(=O)N2CCC3(CC2)NC(=O)NC3=O)cc1. The first-order valence-electron chi connectivity index (χ1n) is 7.66. The van der Waals surface area contributed by atoms with Crippen molar-refractivity contribution < 1.29 is 14.4 Å². The zero-order valence-electron chi connectivity index (χ0n) is 13.0. The topological polar surface area (TPSA) is 78.5 Å². The van der Waals surface area contributed by atoms with E-state index in [1.54, 1.807) is 17.1 Å². The molecular weight excluding hydrogens is 294 g/mol. The highest BCUT2D eigenvalue weighted by Crippen LogP contribution is 2.25. The number of amides is 4. The average molecular weight is 313 g/mol. The van der Waals surface area contributed by atoms with Crippen molar-refractivity contribution in [2.45, 2.75) is 25.3 Å². The molecule has 2 heterocycles. The van der Waals surface area contributed by atoms with Crippen LogP contribution in [0, 0.1) is 6.92 Å². The predicted octanol–water partition coefficient (Wildman–Crippen LogP) is 1.21. The molecule has 4 amide bonds. The van der Waals surface area contributed by atoms with E-state index in [9.17, 15) is 14.4 Å². The van der Waals surface area contributed by atoms with Gasteiger partial charge in [-0.05, 0) is 31.4 Å². The van der Waals surface area contributed by atoms with Crippen LogP contribution < -0.4 is 10.6 Å². The van der Waals surface area contributed by atoms with Gasteiger partial charge in [-0.1, -0.05) is 29.8 Å². The van der Waals surface area contributed by atoms with Crippen molar-refractivity contribution in [1.29, 1.82) is 0 Å². The number of rotatable bonds is 2. The Labute approximate surface area is 134 Å². The molecule has 6 nitrogen and oxygen atoms in total. The van der Waals surface area contributed by atoms with Gasteiger partial charge in [-0.25, -0.2) is 4.79 Å². The smallest absolute Gasteiger partial charge is 0.322 e. The van der Waals surface area contributed by atoms with Gasteiger partial charge in [-0.3, -0.25) is 14.9 Å². The van der Waals surface area contributed by atoms with E-state index in [1.165, 1.54) is 5.56 Å². The van der Waals surface area contributed by atoms with Crippen LogP contribution >= 0.6 is 0 Å². The Balaban J connectivity index is 1.59. The molecule has 2 N–H and O–H groups in total. The van der Waals surface area contributed by atoms with Crippen molar-refractivity contribution in [1.82, 2.24) is 15.5 Å². The first kappa shape index (κ1) is 15.3. The van der Waals surface area contributed by atoms with E-state index < -0.39 is 11.6 Å². The van der Waals surface area contributed by atoms with Gasteiger partial charge in [0.1, 0.15) is 5.54 Å². The molecule has 0 unspecified atom stereocenters. The highest BCUT2D eigenvalue weighted by Gasteiger charge is 2.48. The minimum atomic E-state index is -0.839. The van der Waals surface area contributed by atoms with Crippen molar-refractivity contribution in [3.63, 3.8) is 0 Å². The van der Waals surface area contributed by atoms with Crippen LogP contribution in [0.4, 0.5) is 4.79 Å². The van der Waals surface area contributed by atoms with Crippen LogP contribution in [-0.2, 0) is 9.59 Å². The van der Waals surface area contributed by atoms with E-state index in [-0.39, 0.29) is 11.8 Å². The summed E-state index contributed by atoms with van der Waals surface area (Å²) >= 11 is 0. The van der Waals surface area contributed by atoms with Gasteiger partial charge in [0, 0.05) is 19.2 Å². The molecule has 2 aliphatic rings. The summed E-state index contributed by atoms with van der Waals surface area (Å²) in [5.74, 6) is -0.366. The summed E-state index contributed by atoms with van der Waals surface area (Å²) in [6.07, 6.45) is 4.22. The molecule has 0 bridgehead atoms. The Bertz CT molecular complexity index is 671. The molecule has 120 valence electrons. The van der Waals surface area contributed by atoms with Crippen LogP contribution in [0.15, 0.2) is 30.3 Å². The standard InChI is InChI=1S/C17H19N3O3/c1-12-2-4-13(5-3-12)6-7-14(21)20-10-8-17(9-11-20)15(22)18-16(23)19-17/h2-7H,8-11H2,1H3,(H2,18,19,22,23)/b7-6+. The number of hydrogen-bond donors (Lipinski definition) is 2. The Kier molecular flexibility index (Phi) is 3.90. The summed E-state index contributed by atoms with van der Waals surface area (Å²) in [5.41, 5.74) is 1.31. The van der Waals surface area contributed by atoms with Gasteiger partial charge in [0.25, 0.3) is 5.91 Å². The third-order valence-corrected chi connectivity index (χ3v) is 4.44. The Morgan fingerprint density at radius 1 is 1.17 bits per heavy atom. The zero-order valence-corrected chi connectivity index (χ0v) is 13.0. The van der Waals surface area contributed by atoms with Gasteiger partial charge in [-0.15, -0.1) is 0 Å². The molecule has 0 atom stereocenters. The molecule has 1 spiro atoms. The summed E-state index contributed by atoms with van der Waals surface area (Å²) in [5, 5.41) is 4.95. The Morgan fingerprint density at radius 3 is 2.39 bits per heavy atom. The molecule has 1 aromatic carbocycles. The third-order valence-electron chi connectivity index (χ3n) is 4.44. The highest BCUT2D eigenvalue weighted by molar-refractivity contribution is 6.07. The van der Waals surface area contributed by atoms with Gasteiger partial charge in [0.15, 0.2) is 0 Å². The first-order chi connectivity index (χ1) is 11.0. The quantitative estimate of drug-likeness (QED) is 0.636. The molecule has 0 saturated carbocycles. The molecule has 0 radical (unpaired) electrons. The van der Waals surface area contributed by atoms with Crippen molar-refractivity contribution in [3.8, 4) is 0 Å². The molecule has 0 aliphatic carbocycles. The van der Waals surface area contributed by atoms with Crippen LogP contribution in [0.1, 0.15) is 24.0 Å². The Morgan fingerprint density at radius 2 is 1.83 bits per heavy atom. The number of imide groups is 1. The molecule has 23 heavy (non-hydrogen) atoms. The minimum Gasteiger partial charge on any atom is -0.339 e. The molecule has 2 saturated heterocycles. The molecular formula is C17H19N3O3. The monoisotopic (exact) mass is 313 g/mol. The van der Waals surface area contributed by atoms with E-state index in [0.717, 1.165) is 5.56 Å². The average Bonchev–Trinajstić information content (AvgIpc) is 2.81. The number of carbonyl (C=O) groups excluding carboxylic acids is 3. The van der Waals surface area contributed by atoms with Crippen molar-refractivity contribution in [2.75, 3.05) is 13.1 Å². The second kappa shape index (κ2) is 5.87. The first-order valence-corrected chi connectivity index (χ1v) is 7.66. The third kappa shape index (κ3) is 3.11. The number of likely N-dealkylation sites (tertiary alicyclic amines) is 1. The maximum atomic E-state index is 12.2. The summed E-state index contributed by atoms with van der Waals surface area (Å²) < 4.78 is 0. The van der Waals surface area contributed by atoms with Gasteiger partial charge in [0.05, 0.1) is 0 Å². The number of nitrogens with one attached hydrogen (secondary N) is 2. The number of benzene rings is 1. The number of urea groups is 1. The fraction of sp³-hybridized carbons (Fsp3) is 0.353. The van der Waals surface area contributed by atoms with Crippen molar-refractivity contribution in [2.24, 2.45) is 0 Å². The largest absolute Gasteiger partial charge is 0.339 e. The van der Waals surface area contributed by atoms with Gasteiger partial charge >= 0.3 is 6.03 Å². The van der Waals surface area contributed by atoms with Crippen molar-refractivity contribution in [3.05, 3.63) is 41.5 Å². The second-order valence-electron chi connectivity index (χ2n) is 6.06. The van der Waals surface area contributed by atoms with E-state index in [4.69, 9.17) is 0 Å². The minimum absolute atomic E-state index is 0.0786. The fourth-order valence-electron chi connectivity index (χ4n) is 2.94. The number of nitrogens with zero attached hydrogens (tertiary/aromatic N) is 1. The number of aryl methyl sites for hydroxylation is 1. The summed E-state index contributed by atoms with van der Waals surface area (Å²) in [6.45, 7) is 2.91. The normalized spacial score (nSPS) is 20.0. The molecule has 2 aliphatic heterocycles. The maximum absolute atomic E-state index is 12.2. The number of piperidine rings is 1. The maximum Gasteiger partial charge on any atom is 0.322 e. The fourth-order valence-corrected chi connectivity index (χ4v) is 2.94. The summed E-state index contributed by atoms with van der Waals surface area (Å²) in [7, 11) is 0. The van der Waals surface area contributed by atoms with Crippen LogP contribution in [0.2, 0.25) is 0 Å². The molecule has 3 rings (SSSR count). The molecule has 1 aromatic rings. The van der Waals surface area contributed by atoms with E-state index >= 15 is 0 Å². The van der Waals surface area contributed by atoms with E-state index in [1.807, 2.05) is 31.2 Å². The lowest BCUT2D eigenvalue weighted by atomic mass is 9.87. The zero-order chi connectivity index (χ0) is 16.4. The lowest BCUT2D eigenvalue weighted by Gasteiger charge is -2.36. The van der Waals surface area contributed by atoms with Gasteiger partial charge in [-0.2, -0.15) is 0 Å². The molecule has 0 aromatic heterocycles. The van der Waals surface area contributed by atoms with Crippen molar-refractivity contribution >= 4 is 23.9 Å². The predicted molar refractivity (Wildman–Crippen MR) is 85.4 cm³/mol. The molecule has 2 fully saturated rings. The highest BCUT2D eigenvalue weighted by atomic mass is 16.2. The van der Waals surface area contributed by atoms with Crippen LogP contribution in [0.25, 0.3) is 6.08 Å². The Hall–Kier alpha value is -2.63.